The zero-order chi connectivity index (χ0) is 26.4. The lowest BCUT2D eigenvalue weighted by Gasteiger charge is -2.42. The zero-order valence-corrected chi connectivity index (χ0v) is 22.4. The molecule has 0 bridgehead atoms. The zero-order valence-electron chi connectivity index (χ0n) is 20.7. The Morgan fingerprint density at radius 1 is 1.08 bits per heavy atom. The third kappa shape index (κ3) is 3.82. The third-order valence-corrected chi connectivity index (χ3v) is 8.47. The first-order valence-electron chi connectivity index (χ1n) is 12.5. The molecular formula is C29H26NO6S2-. The van der Waals surface area contributed by atoms with Crippen LogP contribution in [0.2, 0.25) is 0 Å². The van der Waals surface area contributed by atoms with Crippen LogP contribution in [0.15, 0.2) is 60.7 Å². The van der Waals surface area contributed by atoms with E-state index < -0.39 is 17.7 Å². The normalized spacial score (nSPS) is 23.1. The Kier molecular flexibility index (Phi) is 6.44. The van der Waals surface area contributed by atoms with Gasteiger partial charge in [0.25, 0.3) is 0 Å². The summed E-state index contributed by atoms with van der Waals surface area (Å²) < 4.78 is 23.7. The van der Waals surface area contributed by atoms with Crippen LogP contribution in [0.4, 0.5) is 4.79 Å². The standard InChI is InChI=1S/C29H27NO6S2/c1-33-18-8-10-22-25(13-18)35-26-14-19(34-28(32)30-12-4-5-17(15-37)24(30)16-38)9-11-23(26)29(22)21-7-3-2-6-20(21)27(31)36-29/h2-3,6-11,13-14,17,24,37-38H,4-5,12,15-16H2,1H3/p-1/t17-,24+,29?/m1/s1. The summed E-state index contributed by atoms with van der Waals surface area (Å²) >= 11 is 9.81. The molecule has 3 aromatic carbocycles. The van der Waals surface area contributed by atoms with Crippen molar-refractivity contribution < 1.29 is 28.5 Å². The van der Waals surface area contributed by atoms with Gasteiger partial charge in [0, 0.05) is 41.4 Å². The van der Waals surface area contributed by atoms with Crippen molar-refractivity contribution in [3.63, 3.8) is 0 Å². The lowest BCUT2D eigenvalue weighted by Crippen LogP contribution is -2.51. The molecule has 3 aliphatic heterocycles. The van der Waals surface area contributed by atoms with Crippen LogP contribution in [-0.2, 0) is 23.0 Å². The van der Waals surface area contributed by atoms with Gasteiger partial charge in [-0.25, -0.2) is 9.59 Å². The van der Waals surface area contributed by atoms with Crippen molar-refractivity contribution in [2.24, 2.45) is 5.92 Å². The molecule has 0 N–H and O–H groups in total. The molecule has 7 nitrogen and oxygen atoms in total. The van der Waals surface area contributed by atoms with Gasteiger partial charge < -0.3 is 36.5 Å². The Balaban J connectivity index is 1.40. The molecule has 0 saturated carbocycles. The minimum Gasteiger partial charge on any atom is -0.791 e. The van der Waals surface area contributed by atoms with E-state index in [0.717, 1.165) is 18.4 Å². The summed E-state index contributed by atoms with van der Waals surface area (Å²) in [7, 11) is 1.58. The van der Waals surface area contributed by atoms with E-state index in [0.29, 0.717) is 57.7 Å². The predicted octanol–water partition coefficient (Wildman–Crippen LogP) is 5.32. The molecule has 1 fully saturated rings. The number of fused-ring (bicyclic) bond motifs is 6. The molecule has 6 rings (SSSR count). The molecule has 1 spiro atoms. The molecule has 1 unspecified atom stereocenters. The number of likely N-dealkylation sites (tertiary alicyclic amines) is 1. The predicted molar refractivity (Wildman–Crippen MR) is 147 cm³/mol. The monoisotopic (exact) mass is 548 g/mol. The number of carbonyl (C=O) groups excluding carboxylic acids is 2. The van der Waals surface area contributed by atoms with Crippen LogP contribution in [-0.4, -0.2) is 48.2 Å². The van der Waals surface area contributed by atoms with Crippen LogP contribution in [0.5, 0.6) is 23.0 Å². The fourth-order valence-electron chi connectivity index (χ4n) is 5.79. The Bertz CT molecular complexity index is 1430. The van der Waals surface area contributed by atoms with Crippen molar-refractivity contribution in [3.05, 3.63) is 82.9 Å². The number of nitrogens with zero attached hydrogens (tertiary/aromatic N) is 1. The van der Waals surface area contributed by atoms with E-state index in [1.807, 2.05) is 30.3 Å². The summed E-state index contributed by atoms with van der Waals surface area (Å²) in [6, 6.07) is 17.8. The maximum atomic E-state index is 13.2. The minimum atomic E-state index is -1.20. The smallest absolute Gasteiger partial charge is 0.415 e. The molecule has 0 radical (unpaired) electrons. The molecule has 3 aliphatic rings. The summed E-state index contributed by atoms with van der Waals surface area (Å²) in [6.45, 7) is 0.592. The van der Waals surface area contributed by atoms with Crippen molar-refractivity contribution in [1.29, 1.82) is 0 Å². The second kappa shape index (κ2) is 9.78. The number of piperidine rings is 1. The molecule has 1 saturated heterocycles. The Morgan fingerprint density at radius 3 is 2.50 bits per heavy atom. The van der Waals surface area contributed by atoms with E-state index in [2.05, 4.69) is 12.6 Å². The molecule has 196 valence electrons. The van der Waals surface area contributed by atoms with E-state index in [4.69, 9.17) is 31.6 Å². The minimum absolute atomic E-state index is 0.0883. The van der Waals surface area contributed by atoms with E-state index in [1.54, 1.807) is 42.3 Å². The average Bonchev–Trinajstić information content (AvgIpc) is 3.24. The van der Waals surface area contributed by atoms with E-state index in [9.17, 15) is 9.59 Å². The number of hydrogen-bond acceptors (Lipinski definition) is 8. The fourth-order valence-corrected chi connectivity index (χ4v) is 6.67. The lowest BCUT2D eigenvalue weighted by molar-refractivity contribution is 0.0224. The molecule has 1 amide bonds. The summed E-state index contributed by atoms with van der Waals surface area (Å²) in [6.07, 6.45) is 1.43. The van der Waals surface area contributed by atoms with Crippen LogP contribution in [0.3, 0.4) is 0 Å². The highest BCUT2D eigenvalue weighted by molar-refractivity contribution is 7.80. The van der Waals surface area contributed by atoms with Gasteiger partial charge in [-0.2, -0.15) is 18.4 Å². The maximum absolute atomic E-state index is 13.2. The van der Waals surface area contributed by atoms with Crippen LogP contribution < -0.4 is 14.2 Å². The van der Waals surface area contributed by atoms with Gasteiger partial charge in [-0.15, -0.1) is 0 Å². The number of carbonyl (C=O) groups is 2. The van der Waals surface area contributed by atoms with Crippen molar-refractivity contribution in [3.8, 4) is 23.0 Å². The number of thiol groups is 1. The van der Waals surface area contributed by atoms with Gasteiger partial charge in [0.2, 0.25) is 0 Å². The van der Waals surface area contributed by atoms with Gasteiger partial charge in [0.15, 0.2) is 5.60 Å². The van der Waals surface area contributed by atoms with Crippen molar-refractivity contribution in [1.82, 2.24) is 4.90 Å². The molecule has 0 aliphatic carbocycles. The first kappa shape index (κ1) is 25.0. The van der Waals surface area contributed by atoms with Crippen LogP contribution in [0.1, 0.15) is 39.9 Å². The summed E-state index contributed by atoms with van der Waals surface area (Å²) in [5, 5.41) is 0. The highest BCUT2D eigenvalue weighted by atomic mass is 32.1. The van der Waals surface area contributed by atoms with E-state index in [1.165, 1.54) is 0 Å². The molecule has 38 heavy (non-hydrogen) atoms. The first-order valence-corrected chi connectivity index (χ1v) is 13.7. The van der Waals surface area contributed by atoms with Crippen molar-refractivity contribution in [2.45, 2.75) is 24.5 Å². The van der Waals surface area contributed by atoms with Gasteiger partial charge in [-0.3, -0.25) is 0 Å². The number of esters is 1. The molecular weight excluding hydrogens is 522 g/mol. The topological polar surface area (TPSA) is 74.3 Å². The Hall–Kier alpha value is -3.30. The summed E-state index contributed by atoms with van der Waals surface area (Å²) in [4.78, 5) is 27.9. The van der Waals surface area contributed by atoms with Gasteiger partial charge >= 0.3 is 12.1 Å². The quantitative estimate of drug-likeness (QED) is 0.269. The molecule has 3 atom stereocenters. The van der Waals surface area contributed by atoms with Crippen molar-refractivity contribution >= 4 is 37.3 Å². The molecule has 9 heteroatoms. The number of ether oxygens (including phenoxy) is 4. The fraction of sp³-hybridized carbons (Fsp3) is 0.310. The van der Waals surface area contributed by atoms with E-state index in [-0.39, 0.29) is 12.0 Å². The lowest BCUT2D eigenvalue weighted by atomic mass is 9.77. The second-order valence-electron chi connectivity index (χ2n) is 9.62. The van der Waals surface area contributed by atoms with Gasteiger partial charge in [-0.1, -0.05) is 18.2 Å². The average molecular weight is 549 g/mol. The molecule has 3 heterocycles. The first-order chi connectivity index (χ1) is 18.5. The van der Waals surface area contributed by atoms with Gasteiger partial charge in [0.1, 0.15) is 23.0 Å². The Labute approximate surface area is 231 Å². The van der Waals surface area contributed by atoms with Crippen LogP contribution in [0, 0.1) is 5.92 Å². The maximum Gasteiger partial charge on any atom is 0.415 e. The SMILES string of the molecule is COc1ccc2c(c1)Oc1cc(OC(=O)N3CCC[C@H](CS)[C@@H]3C[S-])ccc1C21OC(=O)c2ccccc21. The second-order valence-corrected chi connectivity index (χ2v) is 10.3. The number of hydrogen-bond donors (Lipinski definition) is 1. The Morgan fingerprint density at radius 2 is 1.79 bits per heavy atom. The number of amides is 1. The van der Waals surface area contributed by atoms with E-state index >= 15 is 0 Å². The number of rotatable bonds is 4. The largest absolute Gasteiger partial charge is 0.791 e. The van der Waals surface area contributed by atoms with Crippen LogP contribution in [0.25, 0.3) is 0 Å². The van der Waals surface area contributed by atoms with Crippen LogP contribution >= 0.6 is 12.6 Å². The summed E-state index contributed by atoms with van der Waals surface area (Å²) in [5.41, 5.74) is 1.35. The number of methoxy groups -OCH3 is 1. The third-order valence-electron chi connectivity index (χ3n) is 7.66. The molecule has 0 aromatic heterocycles. The van der Waals surface area contributed by atoms with Gasteiger partial charge in [-0.05, 0) is 54.8 Å². The highest BCUT2D eigenvalue weighted by Gasteiger charge is 2.53. The van der Waals surface area contributed by atoms with Gasteiger partial charge in [0.05, 0.1) is 12.7 Å². The summed E-state index contributed by atoms with van der Waals surface area (Å²) in [5.74, 6) is 2.76. The van der Waals surface area contributed by atoms with Crippen molar-refractivity contribution in [2.75, 3.05) is 25.2 Å². The molecule has 3 aromatic rings. The number of benzene rings is 3. The highest BCUT2D eigenvalue weighted by Crippen LogP contribution is 2.57.